The van der Waals surface area contributed by atoms with Gasteiger partial charge in [0.1, 0.15) is 23.4 Å². The number of phenols is 1. The lowest BCUT2D eigenvalue weighted by molar-refractivity contribution is -0.145. The van der Waals surface area contributed by atoms with Gasteiger partial charge in [0.05, 0.1) is 13.2 Å². The molecule has 2 amide bonds. The van der Waals surface area contributed by atoms with Crippen LogP contribution in [0.3, 0.4) is 0 Å². The number of hydrogen-bond acceptors (Lipinski definition) is 7. The Morgan fingerprint density at radius 3 is 2.14 bits per heavy atom. The molecule has 0 saturated carbocycles. The summed E-state index contributed by atoms with van der Waals surface area (Å²) in [5.74, 6) is -1.39. The topological polar surface area (TPSA) is 134 Å². The maximum Gasteiger partial charge on any atom is 0.408 e. The van der Waals surface area contributed by atoms with Gasteiger partial charge in [-0.1, -0.05) is 12.1 Å². The van der Waals surface area contributed by atoms with Gasteiger partial charge in [0, 0.05) is 6.42 Å². The molecular weight excluding hydrogens is 368 g/mol. The Morgan fingerprint density at radius 1 is 1.11 bits per heavy atom. The van der Waals surface area contributed by atoms with Crippen LogP contribution in [-0.2, 0) is 25.5 Å². The van der Waals surface area contributed by atoms with E-state index in [1.165, 1.54) is 26.2 Å². The Bertz CT molecular complexity index is 681. The van der Waals surface area contributed by atoms with Crippen molar-refractivity contribution in [1.82, 2.24) is 10.6 Å². The van der Waals surface area contributed by atoms with Gasteiger partial charge in [-0.05, 0) is 45.4 Å². The van der Waals surface area contributed by atoms with Crippen molar-refractivity contribution in [2.45, 2.75) is 57.9 Å². The van der Waals surface area contributed by atoms with E-state index in [9.17, 15) is 24.6 Å². The molecule has 156 valence electrons. The summed E-state index contributed by atoms with van der Waals surface area (Å²) in [6.07, 6.45) is -2.02. The maximum absolute atomic E-state index is 12.6. The van der Waals surface area contributed by atoms with E-state index in [1.54, 1.807) is 32.9 Å². The van der Waals surface area contributed by atoms with Gasteiger partial charge in [-0.15, -0.1) is 0 Å². The largest absolute Gasteiger partial charge is 0.508 e. The zero-order valence-electron chi connectivity index (χ0n) is 16.7. The Labute approximate surface area is 164 Å². The average Bonchev–Trinajstić information content (AvgIpc) is 2.58. The van der Waals surface area contributed by atoms with Crippen LogP contribution in [0.1, 0.15) is 33.3 Å². The molecule has 9 heteroatoms. The Morgan fingerprint density at radius 2 is 1.68 bits per heavy atom. The van der Waals surface area contributed by atoms with Crippen molar-refractivity contribution >= 4 is 18.0 Å². The average molecular weight is 396 g/mol. The summed E-state index contributed by atoms with van der Waals surface area (Å²) in [5.41, 5.74) is -0.112. The first kappa shape index (κ1) is 23.2. The van der Waals surface area contributed by atoms with E-state index >= 15 is 0 Å². The molecule has 0 aromatic heterocycles. The van der Waals surface area contributed by atoms with Crippen molar-refractivity contribution in [3.05, 3.63) is 29.8 Å². The maximum atomic E-state index is 12.6. The van der Waals surface area contributed by atoms with E-state index in [-0.39, 0.29) is 12.2 Å². The summed E-state index contributed by atoms with van der Waals surface area (Å²) in [4.78, 5) is 36.6. The lowest BCUT2D eigenvalue weighted by Gasteiger charge is -2.26. The molecular formula is C19H28N2O7. The molecule has 0 bridgehead atoms. The van der Waals surface area contributed by atoms with E-state index in [2.05, 4.69) is 10.6 Å². The van der Waals surface area contributed by atoms with Crippen LogP contribution < -0.4 is 10.6 Å². The summed E-state index contributed by atoms with van der Waals surface area (Å²) in [6, 6.07) is 3.72. The van der Waals surface area contributed by atoms with Gasteiger partial charge >= 0.3 is 12.1 Å². The van der Waals surface area contributed by atoms with Crippen LogP contribution in [0.2, 0.25) is 0 Å². The second-order valence-corrected chi connectivity index (χ2v) is 7.32. The zero-order chi connectivity index (χ0) is 21.5. The lowest BCUT2D eigenvalue weighted by Crippen LogP contribution is -2.56. The quantitative estimate of drug-likeness (QED) is 0.502. The molecule has 0 radical (unpaired) electrons. The highest BCUT2D eigenvalue weighted by molar-refractivity contribution is 5.90. The first-order valence-corrected chi connectivity index (χ1v) is 8.76. The van der Waals surface area contributed by atoms with Gasteiger partial charge in [0.2, 0.25) is 5.91 Å². The van der Waals surface area contributed by atoms with Crippen molar-refractivity contribution < 1.29 is 34.1 Å². The van der Waals surface area contributed by atoms with E-state index in [1.807, 2.05) is 0 Å². The van der Waals surface area contributed by atoms with Gasteiger partial charge < -0.3 is 30.3 Å². The molecule has 0 spiro atoms. The molecule has 1 aromatic rings. The second kappa shape index (κ2) is 9.93. The van der Waals surface area contributed by atoms with Crippen LogP contribution in [0.15, 0.2) is 24.3 Å². The number of ether oxygens (including phenoxy) is 2. The van der Waals surface area contributed by atoms with Crippen LogP contribution in [0, 0.1) is 0 Å². The highest BCUT2D eigenvalue weighted by Crippen LogP contribution is 2.12. The molecule has 28 heavy (non-hydrogen) atoms. The van der Waals surface area contributed by atoms with Gasteiger partial charge in [-0.3, -0.25) is 4.79 Å². The van der Waals surface area contributed by atoms with Crippen LogP contribution >= 0.6 is 0 Å². The fraction of sp³-hybridized carbons (Fsp3) is 0.526. The monoisotopic (exact) mass is 396 g/mol. The number of esters is 1. The number of amides is 2. The Kier molecular flexibility index (Phi) is 8.24. The van der Waals surface area contributed by atoms with Crippen molar-refractivity contribution in [1.29, 1.82) is 0 Å². The second-order valence-electron chi connectivity index (χ2n) is 7.32. The fourth-order valence-corrected chi connectivity index (χ4v) is 2.30. The van der Waals surface area contributed by atoms with Gasteiger partial charge in [0.25, 0.3) is 0 Å². The number of hydrogen-bond donors (Lipinski definition) is 4. The molecule has 0 fully saturated rings. The summed E-state index contributed by atoms with van der Waals surface area (Å²) in [6.45, 7) is 6.31. The third kappa shape index (κ3) is 7.83. The first-order valence-electron chi connectivity index (χ1n) is 8.76. The third-order valence-electron chi connectivity index (χ3n) is 3.62. The molecule has 0 saturated heterocycles. The minimum atomic E-state index is -1.33. The van der Waals surface area contributed by atoms with E-state index in [0.717, 1.165) is 0 Å². The summed E-state index contributed by atoms with van der Waals surface area (Å²) < 4.78 is 9.81. The summed E-state index contributed by atoms with van der Waals surface area (Å²) >= 11 is 0. The predicted octanol–water partition coefficient (Wildman–Crippen LogP) is 0.867. The minimum absolute atomic E-state index is 0.0677. The lowest BCUT2D eigenvalue weighted by atomic mass is 10.0. The smallest absolute Gasteiger partial charge is 0.408 e. The molecule has 9 nitrogen and oxygen atoms in total. The number of aromatic hydroxyl groups is 1. The van der Waals surface area contributed by atoms with Crippen molar-refractivity contribution in [2.75, 3.05) is 7.11 Å². The van der Waals surface area contributed by atoms with Gasteiger partial charge in [0.15, 0.2) is 0 Å². The molecule has 0 heterocycles. The number of carbonyl (C=O) groups excluding carboxylic acids is 3. The van der Waals surface area contributed by atoms with Crippen molar-refractivity contribution in [3.63, 3.8) is 0 Å². The fourth-order valence-electron chi connectivity index (χ4n) is 2.30. The molecule has 1 rings (SSSR count). The van der Waals surface area contributed by atoms with E-state index in [0.29, 0.717) is 5.56 Å². The van der Waals surface area contributed by atoms with Crippen LogP contribution in [0.5, 0.6) is 5.75 Å². The van der Waals surface area contributed by atoms with Crippen LogP contribution in [0.4, 0.5) is 4.79 Å². The number of rotatable bonds is 7. The minimum Gasteiger partial charge on any atom is -0.508 e. The third-order valence-corrected chi connectivity index (χ3v) is 3.62. The Hall–Kier alpha value is -2.81. The number of aliphatic hydroxyl groups excluding tert-OH is 1. The first-order chi connectivity index (χ1) is 12.9. The summed E-state index contributed by atoms with van der Waals surface area (Å²) in [5, 5.41) is 24.0. The van der Waals surface area contributed by atoms with Crippen LogP contribution in [-0.4, -0.2) is 59.1 Å². The number of phenolic OH excluding ortho intramolecular Hbond substituents is 1. The highest BCUT2D eigenvalue weighted by Gasteiger charge is 2.31. The zero-order valence-corrected chi connectivity index (χ0v) is 16.7. The SMILES string of the molecule is COC(=O)[C@H](Cc1ccc(O)cc1)NC(=O)[C@@H](NC(=O)OC(C)(C)C)[C@@H](C)O. The van der Waals surface area contributed by atoms with Crippen LogP contribution in [0.25, 0.3) is 0 Å². The molecule has 0 aliphatic heterocycles. The predicted molar refractivity (Wildman–Crippen MR) is 101 cm³/mol. The summed E-state index contributed by atoms with van der Waals surface area (Å²) in [7, 11) is 1.18. The number of nitrogens with one attached hydrogen (secondary N) is 2. The number of methoxy groups -OCH3 is 1. The van der Waals surface area contributed by atoms with E-state index in [4.69, 9.17) is 9.47 Å². The molecule has 4 N–H and O–H groups in total. The van der Waals surface area contributed by atoms with E-state index < -0.39 is 41.8 Å². The molecule has 3 atom stereocenters. The van der Waals surface area contributed by atoms with Gasteiger partial charge in [-0.25, -0.2) is 9.59 Å². The standard InChI is InChI=1S/C19H28N2O7/c1-11(22)15(21-18(26)28-19(2,3)4)16(24)20-14(17(25)27-5)10-12-6-8-13(23)9-7-12/h6-9,11,14-15,22-23H,10H2,1-5H3,(H,20,24)(H,21,26)/t11-,14+,15+/m1/s1. The number of aliphatic hydroxyl groups is 1. The van der Waals surface area contributed by atoms with Crippen molar-refractivity contribution in [3.8, 4) is 5.75 Å². The molecule has 1 aromatic carbocycles. The van der Waals surface area contributed by atoms with Gasteiger partial charge in [-0.2, -0.15) is 0 Å². The molecule has 0 unspecified atom stereocenters. The molecule has 0 aliphatic rings. The number of benzene rings is 1. The van der Waals surface area contributed by atoms with Crippen molar-refractivity contribution in [2.24, 2.45) is 0 Å². The highest BCUT2D eigenvalue weighted by atomic mass is 16.6. The normalized spacial score (nSPS) is 14.4. The number of alkyl carbamates (subject to hydrolysis) is 1. The Balaban J connectivity index is 2.88. The number of carbonyl (C=O) groups is 3. The molecule has 0 aliphatic carbocycles.